The van der Waals surface area contributed by atoms with Crippen LogP contribution in [0.15, 0.2) is 53.9 Å². The number of hydrogen-bond acceptors (Lipinski definition) is 5. The number of nitrogens with zero attached hydrogens (tertiary/aromatic N) is 1. The molecule has 0 bridgehead atoms. The first-order valence-corrected chi connectivity index (χ1v) is 10.5. The topological polar surface area (TPSA) is 31.4 Å². The van der Waals surface area contributed by atoms with Gasteiger partial charge in [-0.1, -0.05) is 39.8 Å². The highest BCUT2D eigenvalue weighted by Crippen LogP contribution is 2.31. The van der Waals surface area contributed by atoms with Gasteiger partial charge in [-0.25, -0.2) is 4.98 Å². The number of aromatic nitrogens is 1. The molecule has 1 heterocycles. The van der Waals surface area contributed by atoms with Crippen molar-refractivity contribution in [1.82, 2.24) is 4.98 Å². The SMILES string of the molecule is C=COC(CCC)CSc1cccnc1SCC(CCC)OC=C. The lowest BCUT2D eigenvalue weighted by molar-refractivity contribution is 0.156. The Hall–Kier alpha value is -1.07. The second-order valence-electron chi connectivity index (χ2n) is 5.36. The van der Waals surface area contributed by atoms with Gasteiger partial charge in [0.15, 0.2) is 0 Å². The predicted molar refractivity (Wildman–Crippen MR) is 106 cm³/mol. The van der Waals surface area contributed by atoms with Crippen molar-refractivity contribution in [1.29, 1.82) is 0 Å². The van der Waals surface area contributed by atoms with Crippen molar-refractivity contribution in [2.24, 2.45) is 0 Å². The van der Waals surface area contributed by atoms with Gasteiger partial charge in [-0.3, -0.25) is 0 Å². The van der Waals surface area contributed by atoms with Crippen LogP contribution in [0.25, 0.3) is 0 Å². The van der Waals surface area contributed by atoms with Crippen molar-refractivity contribution in [2.45, 2.75) is 61.7 Å². The molecule has 0 N–H and O–H groups in total. The van der Waals surface area contributed by atoms with E-state index in [1.54, 1.807) is 29.8 Å². The van der Waals surface area contributed by atoms with Crippen LogP contribution in [0.2, 0.25) is 0 Å². The lowest BCUT2D eigenvalue weighted by atomic mass is 10.2. The van der Waals surface area contributed by atoms with Crippen LogP contribution in [0.5, 0.6) is 0 Å². The van der Waals surface area contributed by atoms with E-state index in [0.29, 0.717) is 0 Å². The molecule has 1 rings (SSSR count). The number of thioether (sulfide) groups is 2. The maximum atomic E-state index is 5.59. The molecule has 0 saturated heterocycles. The third kappa shape index (κ3) is 8.15. The van der Waals surface area contributed by atoms with Crippen molar-refractivity contribution < 1.29 is 9.47 Å². The van der Waals surface area contributed by atoms with Gasteiger partial charge in [0.25, 0.3) is 0 Å². The Labute approximate surface area is 155 Å². The summed E-state index contributed by atoms with van der Waals surface area (Å²) in [6.07, 6.45) is 9.58. The first kappa shape index (κ1) is 21.0. The molecule has 0 fully saturated rings. The number of rotatable bonds is 14. The molecule has 2 atom stereocenters. The molecule has 5 heteroatoms. The molecule has 3 nitrogen and oxygen atoms in total. The Balaban J connectivity index is 2.62. The molecular weight excluding hydrogens is 338 g/mol. The maximum absolute atomic E-state index is 5.59. The average Bonchev–Trinajstić information content (AvgIpc) is 2.59. The molecule has 0 aliphatic carbocycles. The van der Waals surface area contributed by atoms with E-state index in [2.05, 4.69) is 38.1 Å². The summed E-state index contributed by atoms with van der Waals surface area (Å²) < 4.78 is 11.2. The van der Waals surface area contributed by atoms with E-state index in [0.717, 1.165) is 42.2 Å². The number of hydrogen-bond donors (Lipinski definition) is 0. The summed E-state index contributed by atoms with van der Waals surface area (Å²) in [5.74, 6) is 1.78. The van der Waals surface area contributed by atoms with Crippen LogP contribution in [-0.2, 0) is 9.47 Å². The lowest BCUT2D eigenvalue weighted by Crippen LogP contribution is -2.13. The van der Waals surface area contributed by atoms with Crippen molar-refractivity contribution >= 4 is 23.5 Å². The smallest absolute Gasteiger partial charge is 0.110 e. The van der Waals surface area contributed by atoms with Crippen LogP contribution >= 0.6 is 23.5 Å². The van der Waals surface area contributed by atoms with Crippen molar-refractivity contribution in [3.63, 3.8) is 0 Å². The van der Waals surface area contributed by atoms with Crippen LogP contribution in [0, 0.1) is 0 Å². The van der Waals surface area contributed by atoms with Crippen molar-refractivity contribution in [3.05, 3.63) is 44.0 Å². The van der Waals surface area contributed by atoms with Crippen LogP contribution in [0.1, 0.15) is 39.5 Å². The minimum absolute atomic E-state index is 0.189. The highest BCUT2D eigenvalue weighted by molar-refractivity contribution is 8.02. The van der Waals surface area contributed by atoms with Crippen LogP contribution < -0.4 is 0 Å². The highest BCUT2D eigenvalue weighted by Gasteiger charge is 2.13. The fraction of sp³-hybridized carbons (Fsp3) is 0.526. The first-order chi connectivity index (χ1) is 11.7. The predicted octanol–water partition coefficient (Wildman–Crippen LogP) is 5.92. The average molecular weight is 368 g/mol. The van der Waals surface area contributed by atoms with E-state index in [1.165, 1.54) is 11.2 Å². The maximum Gasteiger partial charge on any atom is 0.110 e. The second-order valence-corrected chi connectivity index (χ2v) is 7.43. The van der Waals surface area contributed by atoms with Gasteiger partial charge in [0.2, 0.25) is 0 Å². The Morgan fingerprint density at radius 3 is 2.17 bits per heavy atom. The highest BCUT2D eigenvalue weighted by atomic mass is 32.2. The molecule has 0 spiro atoms. The summed E-state index contributed by atoms with van der Waals surface area (Å²) >= 11 is 3.54. The molecule has 1 aromatic rings. The van der Waals surface area contributed by atoms with Gasteiger partial charge in [-0.05, 0) is 25.0 Å². The zero-order chi connectivity index (χ0) is 17.6. The lowest BCUT2D eigenvalue weighted by Gasteiger charge is -2.17. The summed E-state index contributed by atoms with van der Waals surface area (Å²) in [6, 6.07) is 4.11. The molecule has 1 aromatic heterocycles. The molecule has 0 aliphatic rings. The third-order valence-electron chi connectivity index (χ3n) is 3.37. The van der Waals surface area contributed by atoms with E-state index in [-0.39, 0.29) is 12.2 Å². The summed E-state index contributed by atoms with van der Waals surface area (Å²) in [5.41, 5.74) is 0. The van der Waals surface area contributed by atoms with Gasteiger partial charge in [0, 0.05) is 22.6 Å². The van der Waals surface area contributed by atoms with Gasteiger partial charge >= 0.3 is 0 Å². The Kier molecular flexibility index (Phi) is 11.6. The van der Waals surface area contributed by atoms with Gasteiger partial charge in [0.05, 0.1) is 12.5 Å². The molecule has 0 aromatic carbocycles. The fourth-order valence-electron chi connectivity index (χ4n) is 2.25. The largest absolute Gasteiger partial charge is 0.498 e. The van der Waals surface area contributed by atoms with E-state index in [9.17, 15) is 0 Å². The van der Waals surface area contributed by atoms with Gasteiger partial charge in [-0.15, -0.1) is 23.5 Å². The Morgan fingerprint density at radius 1 is 1.04 bits per heavy atom. The van der Waals surface area contributed by atoms with Crippen molar-refractivity contribution in [2.75, 3.05) is 11.5 Å². The van der Waals surface area contributed by atoms with Gasteiger partial charge in [0.1, 0.15) is 17.2 Å². The molecule has 24 heavy (non-hydrogen) atoms. The second kappa shape index (κ2) is 13.2. The minimum atomic E-state index is 0.189. The molecular formula is C19H29NO2S2. The van der Waals surface area contributed by atoms with Gasteiger partial charge in [-0.2, -0.15) is 0 Å². The zero-order valence-corrected chi connectivity index (χ0v) is 16.4. The number of pyridine rings is 1. The molecule has 0 aliphatic heterocycles. The molecule has 0 amide bonds. The van der Waals surface area contributed by atoms with Crippen LogP contribution in [0.4, 0.5) is 0 Å². The van der Waals surface area contributed by atoms with Crippen LogP contribution in [0.3, 0.4) is 0 Å². The van der Waals surface area contributed by atoms with E-state index < -0.39 is 0 Å². The fourth-order valence-corrected chi connectivity index (χ4v) is 4.50. The molecule has 0 radical (unpaired) electrons. The first-order valence-electron chi connectivity index (χ1n) is 8.48. The third-order valence-corrected chi connectivity index (χ3v) is 5.81. The summed E-state index contributed by atoms with van der Waals surface area (Å²) in [7, 11) is 0. The summed E-state index contributed by atoms with van der Waals surface area (Å²) in [6.45, 7) is 11.7. The minimum Gasteiger partial charge on any atom is -0.498 e. The normalized spacial score (nSPS) is 13.1. The Morgan fingerprint density at radius 2 is 1.62 bits per heavy atom. The molecule has 2 unspecified atom stereocenters. The molecule has 134 valence electrons. The quantitative estimate of drug-likeness (QED) is 0.301. The Bertz CT molecular complexity index is 439. The summed E-state index contributed by atoms with van der Waals surface area (Å²) in [4.78, 5) is 5.74. The number of ether oxygens (including phenoxy) is 2. The van der Waals surface area contributed by atoms with Gasteiger partial charge < -0.3 is 9.47 Å². The summed E-state index contributed by atoms with van der Waals surface area (Å²) in [5, 5.41) is 1.06. The monoisotopic (exact) mass is 367 g/mol. The van der Waals surface area contributed by atoms with E-state index in [1.807, 2.05) is 12.3 Å². The van der Waals surface area contributed by atoms with Crippen LogP contribution in [-0.4, -0.2) is 28.7 Å². The van der Waals surface area contributed by atoms with E-state index in [4.69, 9.17) is 9.47 Å². The van der Waals surface area contributed by atoms with E-state index >= 15 is 0 Å². The zero-order valence-electron chi connectivity index (χ0n) is 14.8. The van der Waals surface area contributed by atoms with Crippen molar-refractivity contribution in [3.8, 4) is 0 Å². The standard InChI is InChI=1S/C19H29NO2S2/c1-5-10-16(21-7-3)14-23-18-12-9-13-20-19(18)24-15-17(11-6-2)22-8-4/h7-9,12-13,16-17H,3-6,10-11,14-15H2,1-2H3. The molecule has 0 saturated carbocycles.